The summed E-state index contributed by atoms with van der Waals surface area (Å²) in [5.41, 5.74) is 6.76. The fourth-order valence-electron chi connectivity index (χ4n) is 2.25. The van der Waals surface area contributed by atoms with E-state index in [2.05, 4.69) is 22.2 Å². The highest BCUT2D eigenvalue weighted by molar-refractivity contribution is 7.09. The van der Waals surface area contributed by atoms with Crippen molar-refractivity contribution in [1.82, 2.24) is 9.88 Å². The van der Waals surface area contributed by atoms with E-state index in [1.54, 1.807) is 11.3 Å². The fourth-order valence-corrected chi connectivity index (χ4v) is 3.24. The minimum atomic E-state index is -0.317. The van der Waals surface area contributed by atoms with Gasteiger partial charge in [-0.15, -0.1) is 11.3 Å². The third-order valence-electron chi connectivity index (χ3n) is 3.49. The predicted octanol–water partition coefficient (Wildman–Crippen LogP) is 2.71. The van der Waals surface area contributed by atoms with Crippen molar-refractivity contribution in [3.05, 3.63) is 16.1 Å². The minimum Gasteiger partial charge on any atom is -0.321 e. The normalized spacial score (nSPS) is 22.9. The molecule has 2 heterocycles. The van der Waals surface area contributed by atoms with Gasteiger partial charge in [-0.25, -0.2) is 4.98 Å². The van der Waals surface area contributed by atoms with Crippen LogP contribution in [0.5, 0.6) is 0 Å². The molecule has 0 spiro atoms. The van der Waals surface area contributed by atoms with Gasteiger partial charge in [0.15, 0.2) is 0 Å². The Morgan fingerprint density at radius 1 is 1.53 bits per heavy atom. The Balaban J connectivity index is 2.01. The van der Waals surface area contributed by atoms with E-state index in [1.165, 1.54) is 30.8 Å². The van der Waals surface area contributed by atoms with Crippen molar-refractivity contribution in [3.63, 3.8) is 0 Å². The molecule has 2 rings (SSSR count). The summed E-state index contributed by atoms with van der Waals surface area (Å²) in [6.07, 6.45) is 4.02. The number of rotatable bonds is 3. The van der Waals surface area contributed by atoms with Crippen LogP contribution in [-0.4, -0.2) is 22.5 Å². The molecule has 4 heteroatoms. The summed E-state index contributed by atoms with van der Waals surface area (Å²) in [5.74, 6) is 0. The second kappa shape index (κ2) is 5.04. The molecule has 2 N–H and O–H groups in total. The second-order valence-electron chi connectivity index (χ2n) is 5.66. The third-order valence-corrected chi connectivity index (χ3v) is 4.32. The van der Waals surface area contributed by atoms with Crippen LogP contribution in [0.3, 0.4) is 0 Å². The van der Waals surface area contributed by atoms with Gasteiger partial charge in [0.1, 0.15) is 5.01 Å². The number of nitrogens with two attached hydrogens (primary N) is 1. The first-order valence-corrected chi connectivity index (χ1v) is 7.32. The van der Waals surface area contributed by atoms with Crippen molar-refractivity contribution in [3.8, 4) is 0 Å². The summed E-state index contributed by atoms with van der Waals surface area (Å²) in [6, 6.07) is 0.696. The number of nitrogens with zero attached hydrogens (tertiary/aromatic N) is 2. The number of likely N-dealkylation sites (tertiary alicyclic amines) is 1. The van der Waals surface area contributed by atoms with Crippen LogP contribution in [0.15, 0.2) is 5.38 Å². The molecule has 0 radical (unpaired) electrons. The Labute approximate surface area is 108 Å². The molecule has 1 aliphatic heterocycles. The van der Waals surface area contributed by atoms with Crippen LogP contribution in [0.4, 0.5) is 0 Å². The number of hydrogen-bond donors (Lipinski definition) is 1. The van der Waals surface area contributed by atoms with Crippen molar-refractivity contribution < 1.29 is 0 Å². The van der Waals surface area contributed by atoms with E-state index in [1.807, 2.05) is 13.8 Å². The number of piperidine rings is 1. The molecule has 1 aromatic heterocycles. The quantitative estimate of drug-likeness (QED) is 0.900. The first-order valence-electron chi connectivity index (χ1n) is 6.44. The highest BCUT2D eigenvalue weighted by Gasteiger charge is 2.21. The lowest BCUT2D eigenvalue weighted by atomic mass is 10.0. The van der Waals surface area contributed by atoms with Gasteiger partial charge in [-0.1, -0.05) is 6.42 Å². The van der Waals surface area contributed by atoms with Crippen LogP contribution in [0.1, 0.15) is 50.7 Å². The molecule has 1 fully saturated rings. The Hall–Kier alpha value is -0.450. The molecule has 0 aromatic carbocycles. The molecule has 0 saturated carbocycles. The van der Waals surface area contributed by atoms with Crippen LogP contribution >= 0.6 is 11.3 Å². The SMILES string of the molecule is CC1CCCCN1Cc1nc(C(C)(C)N)cs1. The molecule has 1 aromatic rings. The maximum atomic E-state index is 6.06. The van der Waals surface area contributed by atoms with Gasteiger partial charge in [-0.3, -0.25) is 4.90 Å². The van der Waals surface area contributed by atoms with Crippen molar-refractivity contribution >= 4 is 11.3 Å². The zero-order valence-electron chi connectivity index (χ0n) is 11.1. The largest absolute Gasteiger partial charge is 0.321 e. The van der Waals surface area contributed by atoms with Gasteiger partial charge in [0, 0.05) is 11.4 Å². The Morgan fingerprint density at radius 2 is 2.29 bits per heavy atom. The number of thiazole rings is 1. The van der Waals surface area contributed by atoms with Crippen molar-refractivity contribution in [2.24, 2.45) is 5.73 Å². The van der Waals surface area contributed by atoms with E-state index in [-0.39, 0.29) is 5.54 Å². The predicted molar refractivity (Wildman–Crippen MR) is 73.1 cm³/mol. The van der Waals surface area contributed by atoms with Crippen LogP contribution in [0.2, 0.25) is 0 Å². The lowest BCUT2D eigenvalue weighted by Gasteiger charge is -2.32. The molecule has 1 saturated heterocycles. The van der Waals surface area contributed by atoms with Gasteiger partial charge in [-0.2, -0.15) is 0 Å². The fraction of sp³-hybridized carbons (Fsp3) is 0.769. The van der Waals surface area contributed by atoms with Crippen LogP contribution in [-0.2, 0) is 12.1 Å². The Bertz CT molecular complexity index is 367. The molecule has 0 aliphatic carbocycles. The van der Waals surface area contributed by atoms with Crippen LogP contribution < -0.4 is 5.73 Å². The third kappa shape index (κ3) is 3.27. The monoisotopic (exact) mass is 253 g/mol. The van der Waals surface area contributed by atoms with Gasteiger partial charge >= 0.3 is 0 Å². The van der Waals surface area contributed by atoms with Gasteiger partial charge < -0.3 is 5.73 Å². The summed E-state index contributed by atoms with van der Waals surface area (Å²) in [4.78, 5) is 7.20. The standard InChI is InChI=1S/C13H23N3S/c1-10-6-4-5-7-16(10)8-12-15-11(9-17-12)13(2,3)14/h9-10H,4-8,14H2,1-3H3. The first kappa shape index (κ1) is 13.0. The van der Waals surface area contributed by atoms with Gasteiger partial charge in [-0.05, 0) is 40.2 Å². The average Bonchev–Trinajstić information content (AvgIpc) is 2.69. The van der Waals surface area contributed by atoms with Crippen LogP contribution in [0, 0.1) is 0 Å². The number of hydrogen-bond acceptors (Lipinski definition) is 4. The number of aromatic nitrogens is 1. The lowest BCUT2D eigenvalue weighted by molar-refractivity contribution is 0.152. The molecule has 0 bridgehead atoms. The zero-order valence-corrected chi connectivity index (χ0v) is 11.9. The second-order valence-corrected chi connectivity index (χ2v) is 6.61. The summed E-state index contributed by atoms with van der Waals surface area (Å²) in [5, 5.41) is 3.30. The molecule has 0 amide bonds. The van der Waals surface area contributed by atoms with E-state index in [0.29, 0.717) is 6.04 Å². The van der Waals surface area contributed by atoms with E-state index in [9.17, 15) is 0 Å². The van der Waals surface area contributed by atoms with Crippen molar-refractivity contribution in [2.75, 3.05) is 6.54 Å². The Kier molecular flexibility index (Phi) is 3.85. The highest BCUT2D eigenvalue weighted by atomic mass is 32.1. The maximum Gasteiger partial charge on any atom is 0.107 e. The summed E-state index contributed by atoms with van der Waals surface area (Å²) >= 11 is 1.74. The average molecular weight is 253 g/mol. The molecule has 3 nitrogen and oxygen atoms in total. The van der Waals surface area contributed by atoms with Gasteiger partial charge in [0.25, 0.3) is 0 Å². The lowest BCUT2D eigenvalue weighted by Crippen LogP contribution is -2.36. The Morgan fingerprint density at radius 3 is 2.88 bits per heavy atom. The van der Waals surface area contributed by atoms with Crippen LogP contribution in [0.25, 0.3) is 0 Å². The van der Waals surface area contributed by atoms with Crippen molar-refractivity contribution in [1.29, 1.82) is 0 Å². The molecule has 1 aliphatic rings. The molecule has 96 valence electrons. The van der Waals surface area contributed by atoms with Gasteiger partial charge in [0.2, 0.25) is 0 Å². The zero-order chi connectivity index (χ0) is 12.5. The smallest absolute Gasteiger partial charge is 0.107 e. The van der Waals surface area contributed by atoms with E-state index < -0.39 is 0 Å². The van der Waals surface area contributed by atoms with E-state index in [0.717, 1.165) is 12.2 Å². The minimum absolute atomic E-state index is 0.317. The molecular weight excluding hydrogens is 230 g/mol. The summed E-state index contributed by atoms with van der Waals surface area (Å²) < 4.78 is 0. The van der Waals surface area contributed by atoms with E-state index in [4.69, 9.17) is 5.73 Å². The maximum absolute atomic E-state index is 6.06. The summed E-state index contributed by atoms with van der Waals surface area (Å²) in [7, 11) is 0. The van der Waals surface area contributed by atoms with Crippen molar-refractivity contribution in [2.45, 2.75) is 58.2 Å². The first-order chi connectivity index (χ1) is 7.97. The molecule has 17 heavy (non-hydrogen) atoms. The van der Waals surface area contributed by atoms with Gasteiger partial charge in [0.05, 0.1) is 17.8 Å². The highest BCUT2D eigenvalue weighted by Crippen LogP contribution is 2.23. The van der Waals surface area contributed by atoms with E-state index >= 15 is 0 Å². The molecule has 1 atom stereocenters. The summed E-state index contributed by atoms with van der Waals surface area (Å²) in [6.45, 7) is 8.54. The topological polar surface area (TPSA) is 42.2 Å². The molecular formula is C13H23N3S. The molecule has 1 unspecified atom stereocenters.